The van der Waals surface area contributed by atoms with Crippen LogP contribution in [0.3, 0.4) is 0 Å². The van der Waals surface area contributed by atoms with E-state index in [4.69, 9.17) is 10.5 Å². The van der Waals surface area contributed by atoms with Crippen LogP contribution in [0.15, 0.2) is 41.0 Å². The van der Waals surface area contributed by atoms with Crippen molar-refractivity contribution < 1.29 is 4.74 Å². The van der Waals surface area contributed by atoms with Crippen LogP contribution < -0.4 is 10.5 Å². The number of nitrogen functional groups attached to an aromatic ring is 1. The molecule has 82 valence electrons. The molecule has 0 unspecified atom stereocenters. The standard InChI is InChI=1S/C12H11BrN2O/c1-8-4-3-7-15-12(8)16-11-9(13)5-2-6-10(11)14/h2-7H,14H2,1H3. The molecule has 0 saturated carbocycles. The maximum atomic E-state index is 5.84. The van der Waals surface area contributed by atoms with Crippen molar-refractivity contribution in [1.29, 1.82) is 0 Å². The monoisotopic (exact) mass is 278 g/mol. The minimum Gasteiger partial charge on any atom is -0.435 e. The molecule has 2 aromatic rings. The zero-order valence-electron chi connectivity index (χ0n) is 8.77. The lowest BCUT2D eigenvalue weighted by molar-refractivity contribution is 0.458. The molecule has 2 rings (SSSR count). The molecule has 0 aliphatic rings. The van der Waals surface area contributed by atoms with Crippen molar-refractivity contribution in [3.05, 3.63) is 46.6 Å². The molecule has 3 nitrogen and oxygen atoms in total. The number of halogens is 1. The number of ether oxygens (including phenoxy) is 1. The summed E-state index contributed by atoms with van der Waals surface area (Å²) in [6.07, 6.45) is 1.69. The summed E-state index contributed by atoms with van der Waals surface area (Å²) < 4.78 is 6.50. The van der Waals surface area contributed by atoms with Crippen molar-refractivity contribution in [2.75, 3.05) is 5.73 Å². The highest BCUT2D eigenvalue weighted by molar-refractivity contribution is 9.10. The molecule has 0 spiro atoms. The number of rotatable bonds is 2. The number of benzene rings is 1. The molecule has 0 radical (unpaired) electrons. The maximum absolute atomic E-state index is 5.84. The second-order valence-corrected chi connectivity index (χ2v) is 4.24. The van der Waals surface area contributed by atoms with E-state index < -0.39 is 0 Å². The number of hydrogen-bond acceptors (Lipinski definition) is 3. The summed E-state index contributed by atoms with van der Waals surface area (Å²) in [6, 6.07) is 9.33. The molecule has 16 heavy (non-hydrogen) atoms. The van der Waals surface area contributed by atoms with Crippen LogP contribution in [0.4, 0.5) is 5.69 Å². The molecule has 1 aromatic carbocycles. The SMILES string of the molecule is Cc1cccnc1Oc1c(N)cccc1Br. The van der Waals surface area contributed by atoms with Crippen LogP contribution in [0, 0.1) is 6.92 Å². The molecular weight excluding hydrogens is 268 g/mol. The molecule has 0 atom stereocenters. The van der Waals surface area contributed by atoms with Gasteiger partial charge in [0.1, 0.15) is 0 Å². The average molecular weight is 279 g/mol. The number of aryl methyl sites for hydroxylation is 1. The number of hydrogen-bond donors (Lipinski definition) is 1. The molecule has 1 aromatic heterocycles. The van der Waals surface area contributed by atoms with E-state index in [-0.39, 0.29) is 0 Å². The third kappa shape index (κ3) is 2.17. The summed E-state index contributed by atoms with van der Waals surface area (Å²) in [7, 11) is 0. The lowest BCUT2D eigenvalue weighted by Gasteiger charge is -2.10. The van der Waals surface area contributed by atoms with E-state index in [1.54, 1.807) is 12.3 Å². The Kier molecular flexibility index (Phi) is 3.10. The van der Waals surface area contributed by atoms with Gasteiger partial charge in [-0.3, -0.25) is 0 Å². The van der Waals surface area contributed by atoms with Gasteiger partial charge in [-0.15, -0.1) is 0 Å². The summed E-state index contributed by atoms with van der Waals surface area (Å²) in [4.78, 5) is 4.16. The minimum atomic E-state index is 0.570. The third-order valence-electron chi connectivity index (χ3n) is 2.16. The Morgan fingerprint density at radius 1 is 1.25 bits per heavy atom. The van der Waals surface area contributed by atoms with Crippen LogP contribution in [0.2, 0.25) is 0 Å². The van der Waals surface area contributed by atoms with Crippen molar-refractivity contribution in [1.82, 2.24) is 4.98 Å². The Balaban J connectivity index is 2.38. The molecule has 1 heterocycles. The van der Waals surface area contributed by atoms with Crippen LogP contribution in [-0.4, -0.2) is 4.98 Å². The van der Waals surface area contributed by atoms with Crippen molar-refractivity contribution in [2.24, 2.45) is 0 Å². The van der Waals surface area contributed by atoms with Crippen LogP contribution in [-0.2, 0) is 0 Å². The molecule has 0 bridgehead atoms. The molecule has 0 saturated heterocycles. The topological polar surface area (TPSA) is 48.1 Å². The van der Waals surface area contributed by atoms with Crippen LogP contribution in [0.1, 0.15) is 5.56 Å². The van der Waals surface area contributed by atoms with E-state index >= 15 is 0 Å². The van der Waals surface area contributed by atoms with Gasteiger partial charge in [-0.1, -0.05) is 12.1 Å². The highest BCUT2D eigenvalue weighted by atomic mass is 79.9. The Morgan fingerprint density at radius 3 is 2.75 bits per heavy atom. The van der Waals surface area contributed by atoms with Gasteiger partial charge in [-0.2, -0.15) is 0 Å². The first-order valence-corrected chi connectivity index (χ1v) is 5.61. The van der Waals surface area contributed by atoms with Crippen molar-refractivity contribution >= 4 is 21.6 Å². The van der Waals surface area contributed by atoms with Gasteiger partial charge >= 0.3 is 0 Å². The first-order chi connectivity index (χ1) is 7.68. The number of para-hydroxylation sites is 1. The Bertz CT molecular complexity index is 494. The second kappa shape index (κ2) is 4.53. The lowest BCUT2D eigenvalue weighted by Crippen LogP contribution is -1.95. The molecule has 0 aliphatic carbocycles. The molecule has 0 fully saturated rings. The number of anilines is 1. The summed E-state index contributed by atoms with van der Waals surface area (Å²) >= 11 is 3.40. The predicted molar refractivity (Wildman–Crippen MR) is 67.6 cm³/mol. The molecule has 0 amide bonds. The summed E-state index contributed by atoms with van der Waals surface area (Å²) in [5.74, 6) is 1.17. The number of pyridine rings is 1. The molecule has 0 aliphatic heterocycles. The van der Waals surface area contributed by atoms with Crippen LogP contribution in [0.5, 0.6) is 11.6 Å². The highest BCUT2D eigenvalue weighted by Gasteiger charge is 2.08. The van der Waals surface area contributed by atoms with E-state index in [0.29, 0.717) is 17.3 Å². The smallest absolute Gasteiger partial charge is 0.222 e. The van der Waals surface area contributed by atoms with Gasteiger partial charge in [0.25, 0.3) is 0 Å². The van der Waals surface area contributed by atoms with Gasteiger partial charge in [-0.25, -0.2) is 4.98 Å². The average Bonchev–Trinajstić information content (AvgIpc) is 2.26. The second-order valence-electron chi connectivity index (χ2n) is 3.39. The zero-order valence-corrected chi connectivity index (χ0v) is 10.4. The maximum Gasteiger partial charge on any atom is 0.222 e. The number of nitrogens with two attached hydrogens (primary N) is 1. The number of nitrogens with zero attached hydrogens (tertiary/aromatic N) is 1. The molecule has 4 heteroatoms. The fourth-order valence-electron chi connectivity index (χ4n) is 1.31. The lowest BCUT2D eigenvalue weighted by atomic mass is 10.3. The Labute approximate surface area is 102 Å². The summed E-state index contributed by atoms with van der Waals surface area (Å²) in [6.45, 7) is 1.94. The van der Waals surface area contributed by atoms with Gasteiger partial charge in [0.05, 0.1) is 10.2 Å². The van der Waals surface area contributed by atoms with Gasteiger partial charge in [0.2, 0.25) is 5.88 Å². The van der Waals surface area contributed by atoms with E-state index in [1.807, 2.05) is 31.2 Å². The van der Waals surface area contributed by atoms with Gasteiger partial charge in [0, 0.05) is 11.8 Å². The van der Waals surface area contributed by atoms with Gasteiger partial charge in [-0.05, 0) is 41.1 Å². The van der Waals surface area contributed by atoms with E-state index in [2.05, 4.69) is 20.9 Å². The minimum absolute atomic E-state index is 0.570. The largest absolute Gasteiger partial charge is 0.435 e. The third-order valence-corrected chi connectivity index (χ3v) is 2.78. The Hall–Kier alpha value is -1.55. The van der Waals surface area contributed by atoms with Crippen molar-refractivity contribution in [3.63, 3.8) is 0 Å². The first-order valence-electron chi connectivity index (χ1n) is 4.82. The molecular formula is C12H11BrN2O. The Morgan fingerprint density at radius 2 is 2.06 bits per heavy atom. The number of aromatic nitrogens is 1. The quantitative estimate of drug-likeness (QED) is 0.855. The van der Waals surface area contributed by atoms with Gasteiger partial charge < -0.3 is 10.5 Å². The molecule has 2 N–H and O–H groups in total. The van der Waals surface area contributed by atoms with E-state index in [9.17, 15) is 0 Å². The van der Waals surface area contributed by atoms with Crippen LogP contribution >= 0.6 is 15.9 Å². The van der Waals surface area contributed by atoms with Crippen LogP contribution in [0.25, 0.3) is 0 Å². The first kappa shape index (κ1) is 11.0. The van der Waals surface area contributed by atoms with E-state index in [0.717, 1.165) is 10.0 Å². The summed E-state index contributed by atoms with van der Waals surface area (Å²) in [5.41, 5.74) is 7.39. The van der Waals surface area contributed by atoms with E-state index in [1.165, 1.54) is 0 Å². The highest BCUT2D eigenvalue weighted by Crippen LogP contribution is 2.34. The van der Waals surface area contributed by atoms with Gasteiger partial charge in [0.15, 0.2) is 5.75 Å². The van der Waals surface area contributed by atoms with Crippen molar-refractivity contribution in [3.8, 4) is 11.6 Å². The van der Waals surface area contributed by atoms with Crippen molar-refractivity contribution in [2.45, 2.75) is 6.92 Å². The fourth-order valence-corrected chi connectivity index (χ4v) is 1.77. The zero-order chi connectivity index (χ0) is 11.5. The predicted octanol–water partition coefficient (Wildman–Crippen LogP) is 3.53. The fraction of sp³-hybridized carbons (Fsp3) is 0.0833. The normalized spacial score (nSPS) is 10.1. The summed E-state index contributed by atoms with van der Waals surface area (Å²) in [5, 5.41) is 0.